The van der Waals surface area contributed by atoms with E-state index < -0.39 is 0 Å². The van der Waals surface area contributed by atoms with E-state index in [0.717, 1.165) is 12.3 Å². The minimum absolute atomic E-state index is 0.354. The molecule has 31 heavy (non-hydrogen) atoms. The minimum Gasteiger partial charge on any atom is -0.396 e. The lowest BCUT2D eigenvalue weighted by atomic mass is 9.77. The summed E-state index contributed by atoms with van der Waals surface area (Å²) in [6.07, 6.45) is 15.6. The predicted molar refractivity (Wildman–Crippen MR) is 133 cm³/mol. The number of aliphatic hydroxyl groups excluding tert-OH is 1. The highest BCUT2D eigenvalue weighted by molar-refractivity contribution is 7.10. The van der Waals surface area contributed by atoms with Crippen LogP contribution in [0.1, 0.15) is 125 Å². The highest BCUT2D eigenvalue weighted by atomic mass is 32.1. The summed E-state index contributed by atoms with van der Waals surface area (Å²) in [7, 11) is 0. The third kappa shape index (κ3) is 5.79. The van der Waals surface area contributed by atoms with E-state index in [-0.39, 0.29) is 0 Å². The minimum atomic E-state index is 0.354. The maximum atomic E-state index is 8.87. The van der Waals surface area contributed by atoms with Crippen LogP contribution >= 0.6 is 11.3 Å². The van der Waals surface area contributed by atoms with Gasteiger partial charge in [-0.15, -0.1) is 11.3 Å². The average molecular weight is 440 g/mol. The molecule has 0 amide bonds. The number of benzene rings is 1. The first-order valence-electron chi connectivity index (χ1n) is 12.9. The summed E-state index contributed by atoms with van der Waals surface area (Å²) < 4.78 is 0. The molecule has 0 saturated heterocycles. The van der Waals surface area contributed by atoms with Crippen molar-refractivity contribution >= 4 is 11.3 Å². The van der Waals surface area contributed by atoms with Crippen LogP contribution in [0.25, 0.3) is 11.3 Å². The van der Waals surface area contributed by atoms with Gasteiger partial charge in [-0.05, 0) is 79.9 Å². The molecule has 2 atom stereocenters. The van der Waals surface area contributed by atoms with Gasteiger partial charge in [0.25, 0.3) is 0 Å². The van der Waals surface area contributed by atoms with Crippen LogP contribution in [0.4, 0.5) is 0 Å². The third-order valence-corrected chi connectivity index (χ3v) is 8.97. The Balaban J connectivity index is 1.30. The Morgan fingerprint density at radius 3 is 2.35 bits per heavy atom. The topological polar surface area (TPSA) is 33.1 Å². The van der Waals surface area contributed by atoms with Crippen molar-refractivity contribution in [3.63, 3.8) is 0 Å². The molecular formula is C28H41NOS. The van der Waals surface area contributed by atoms with Crippen LogP contribution in [-0.4, -0.2) is 16.7 Å². The van der Waals surface area contributed by atoms with Crippen LogP contribution < -0.4 is 0 Å². The first kappa shape index (κ1) is 23.0. The summed E-state index contributed by atoms with van der Waals surface area (Å²) in [5.74, 6) is 2.98. The standard InChI is InChI=1S/C28H41NOS/c1-20-9-10-21(2)26-18-24(15-16-25(20)26)27-19-31-28(29-27)23-13-11-22(12-14-23)8-6-4-3-5-7-17-30/h15-16,18-23,30H,3-14,17H2,1-2H3. The normalized spacial score (nSPS) is 26.0. The fourth-order valence-corrected chi connectivity index (χ4v) is 6.80. The lowest BCUT2D eigenvalue weighted by Gasteiger charge is -2.28. The van der Waals surface area contributed by atoms with Gasteiger partial charge in [-0.2, -0.15) is 0 Å². The van der Waals surface area contributed by atoms with Gasteiger partial charge < -0.3 is 5.11 Å². The number of aromatic nitrogens is 1. The summed E-state index contributed by atoms with van der Waals surface area (Å²) in [6.45, 7) is 5.11. The Kier molecular flexibility index (Phi) is 8.23. The highest BCUT2D eigenvalue weighted by Crippen LogP contribution is 2.42. The maximum Gasteiger partial charge on any atom is 0.0963 e. The molecule has 170 valence electrons. The molecule has 3 heteroatoms. The van der Waals surface area contributed by atoms with Crippen molar-refractivity contribution in [2.75, 3.05) is 6.61 Å². The molecule has 0 aliphatic heterocycles. The van der Waals surface area contributed by atoms with Crippen molar-refractivity contribution in [2.45, 2.75) is 109 Å². The van der Waals surface area contributed by atoms with Crippen molar-refractivity contribution < 1.29 is 5.11 Å². The molecule has 0 bridgehead atoms. The molecule has 1 aromatic heterocycles. The number of hydrogen-bond acceptors (Lipinski definition) is 3. The summed E-state index contributed by atoms with van der Waals surface area (Å²) in [5.41, 5.74) is 5.63. The molecule has 0 spiro atoms. The van der Waals surface area contributed by atoms with E-state index in [1.165, 1.54) is 86.9 Å². The summed E-state index contributed by atoms with van der Waals surface area (Å²) >= 11 is 1.89. The number of thiazole rings is 1. The zero-order valence-corrected chi connectivity index (χ0v) is 20.4. The molecule has 1 heterocycles. The molecule has 2 unspecified atom stereocenters. The van der Waals surface area contributed by atoms with Gasteiger partial charge in [0.1, 0.15) is 0 Å². The van der Waals surface area contributed by atoms with Gasteiger partial charge in [0, 0.05) is 23.5 Å². The Labute approximate surface area is 193 Å². The number of rotatable bonds is 9. The molecule has 1 fully saturated rings. The number of hydrogen-bond donors (Lipinski definition) is 1. The van der Waals surface area contributed by atoms with Gasteiger partial charge in [-0.25, -0.2) is 4.98 Å². The molecule has 4 rings (SSSR count). The van der Waals surface area contributed by atoms with Gasteiger partial charge in [0.2, 0.25) is 0 Å². The monoisotopic (exact) mass is 439 g/mol. The zero-order valence-electron chi connectivity index (χ0n) is 19.6. The molecule has 2 aliphatic rings. The number of unbranched alkanes of at least 4 members (excludes halogenated alkanes) is 4. The van der Waals surface area contributed by atoms with Gasteiger partial charge >= 0.3 is 0 Å². The second kappa shape index (κ2) is 11.1. The quantitative estimate of drug-likeness (QED) is 0.398. The Morgan fingerprint density at radius 1 is 0.871 bits per heavy atom. The van der Waals surface area contributed by atoms with E-state index in [4.69, 9.17) is 10.1 Å². The second-order valence-corrected chi connectivity index (χ2v) is 11.2. The van der Waals surface area contributed by atoms with E-state index in [9.17, 15) is 0 Å². The van der Waals surface area contributed by atoms with Crippen molar-refractivity contribution in [3.05, 3.63) is 39.7 Å². The Morgan fingerprint density at radius 2 is 1.58 bits per heavy atom. The van der Waals surface area contributed by atoms with E-state index >= 15 is 0 Å². The third-order valence-electron chi connectivity index (χ3n) is 7.97. The van der Waals surface area contributed by atoms with E-state index in [1.807, 2.05) is 11.3 Å². The van der Waals surface area contributed by atoms with Crippen LogP contribution in [0.15, 0.2) is 23.6 Å². The highest BCUT2D eigenvalue weighted by Gasteiger charge is 2.25. The summed E-state index contributed by atoms with van der Waals surface area (Å²) in [6, 6.07) is 7.12. The van der Waals surface area contributed by atoms with E-state index in [2.05, 4.69) is 37.4 Å². The second-order valence-electron chi connectivity index (χ2n) is 10.3. The fraction of sp³-hybridized carbons (Fsp3) is 0.679. The van der Waals surface area contributed by atoms with Crippen LogP contribution in [0.3, 0.4) is 0 Å². The van der Waals surface area contributed by atoms with Crippen LogP contribution in [0.5, 0.6) is 0 Å². The molecule has 2 aliphatic carbocycles. The van der Waals surface area contributed by atoms with Crippen LogP contribution in [0, 0.1) is 5.92 Å². The van der Waals surface area contributed by atoms with Crippen molar-refractivity contribution in [2.24, 2.45) is 5.92 Å². The smallest absolute Gasteiger partial charge is 0.0963 e. The Hall–Kier alpha value is -1.19. The molecule has 2 nitrogen and oxygen atoms in total. The molecular weight excluding hydrogens is 398 g/mol. The van der Waals surface area contributed by atoms with Crippen LogP contribution in [-0.2, 0) is 0 Å². The SMILES string of the molecule is CC1CCC(C)c2cc(-c3csc(C4CCC(CCCCCCCO)CC4)n3)ccc21. The molecule has 1 saturated carbocycles. The first-order chi connectivity index (χ1) is 15.2. The van der Waals surface area contributed by atoms with Gasteiger partial charge in [0.15, 0.2) is 0 Å². The van der Waals surface area contributed by atoms with Crippen molar-refractivity contribution in [3.8, 4) is 11.3 Å². The maximum absolute atomic E-state index is 8.87. The lowest BCUT2D eigenvalue weighted by molar-refractivity contribution is 0.279. The van der Waals surface area contributed by atoms with Crippen LogP contribution in [0.2, 0.25) is 0 Å². The van der Waals surface area contributed by atoms with Gasteiger partial charge in [0.05, 0.1) is 10.7 Å². The molecule has 0 radical (unpaired) electrons. The largest absolute Gasteiger partial charge is 0.396 e. The molecule has 1 aromatic carbocycles. The Bertz CT molecular complexity index is 820. The van der Waals surface area contributed by atoms with Crippen molar-refractivity contribution in [1.29, 1.82) is 0 Å². The number of fused-ring (bicyclic) bond motifs is 1. The number of nitrogens with zero attached hydrogens (tertiary/aromatic N) is 1. The van der Waals surface area contributed by atoms with Crippen molar-refractivity contribution in [1.82, 2.24) is 4.98 Å². The summed E-state index contributed by atoms with van der Waals surface area (Å²) in [5, 5.41) is 12.5. The van der Waals surface area contributed by atoms with Gasteiger partial charge in [-0.3, -0.25) is 0 Å². The lowest BCUT2D eigenvalue weighted by Crippen LogP contribution is -2.13. The van der Waals surface area contributed by atoms with E-state index in [0.29, 0.717) is 24.4 Å². The number of aliphatic hydroxyl groups is 1. The van der Waals surface area contributed by atoms with E-state index in [1.54, 1.807) is 11.1 Å². The molecule has 1 N–H and O–H groups in total. The average Bonchev–Trinajstić information content (AvgIpc) is 3.29. The zero-order chi connectivity index (χ0) is 21.6. The first-order valence-corrected chi connectivity index (χ1v) is 13.7. The predicted octanol–water partition coefficient (Wildman–Crippen LogP) is 8.42. The molecule has 2 aromatic rings. The van der Waals surface area contributed by atoms with Gasteiger partial charge in [-0.1, -0.05) is 58.1 Å². The fourth-order valence-electron chi connectivity index (χ4n) is 5.80. The summed E-state index contributed by atoms with van der Waals surface area (Å²) in [4.78, 5) is 5.12.